The number of benzene rings is 1. The van der Waals surface area contributed by atoms with Crippen LogP contribution in [0, 0.1) is 11.3 Å². The first-order valence-corrected chi connectivity index (χ1v) is 5.81. The number of nitrogens with zero attached hydrogens (tertiary/aromatic N) is 2. The summed E-state index contributed by atoms with van der Waals surface area (Å²) in [5.41, 5.74) is 1.23. The second kappa shape index (κ2) is 5.30. The molecule has 17 heavy (non-hydrogen) atoms. The summed E-state index contributed by atoms with van der Waals surface area (Å²) >= 11 is 3.27. The van der Waals surface area contributed by atoms with E-state index in [4.69, 9.17) is 5.26 Å². The first-order valence-electron chi connectivity index (χ1n) is 5.01. The van der Waals surface area contributed by atoms with Crippen LogP contribution in [-0.4, -0.2) is 30.0 Å². The van der Waals surface area contributed by atoms with Gasteiger partial charge in [0.05, 0.1) is 17.7 Å². The molecule has 0 aromatic heterocycles. The molecule has 0 radical (unpaired) electrons. The molecule has 5 heteroatoms. The van der Waals surface area contributed by atoms with Crippen molar-refractivity contribution in [3.63, 3.8) is 0 Å². The topological polar surface area (TPSA) is 64.3 Å². The second-order valence-electron chi connectivity index (χ2n) is 3.91. The highest BCUT2D eigenvalue weighted by Gasteiger charge is 2.17. The molecule has 1 N–H and O–H groups in total. The Bertz CT molecular complexity index is 490. The molecule has 1 atom stereocenters. The number of aliphatic hydroxyl groups excluding tert-OH is 1. The van der Waals surface area contributed by atoms with E-state index in [1.807, 2.05) is 6.07 Å². The van der Waals surface area contributed by atoms with Crippen LogP contribution in [0.4, 0.5) is 0 Å². The summed E-state index contributed by atoms with van der Waals surface area (Å²) in [7, 11) is 3.29. The van der Waals surface area contributed by atoms with Crippen LogP contribution in [0.3, 0.4) is 0 Å². The van der Waals surface area contributed by atoms with Gasteiger partial charge in [-0.1, -0.05) is 15.9 Å². The number of rotatable bonds is 2. The highest BCUT2D eigenvalue weighted by atomic mass is 79.9. The third-order valence-corrected chi connectivity index (χ3v) is 2.98. The van der Waals surface area contributed by atoms with Gasteiger partial charge in [0, 0.05) is 29.7 Å². The zero-order valence-electron chi connectivity index (χ0n) is 9.86. The van der Waals surface area contributed by atoms with Crippen molar-refractivity contribution in [2.24, 2.45) is 0 Å². The van der Waals surface area contributed by atoms with Gasteiger partial charge in [0.2, 0.25) is 0 Å². The maximum Gasteiger partial charge on any atom is 0.253 e. The third kappa shape index (κ3) is 2.84. The molecule has 1 amide bonds. The molecule has 1 aromatic carbocycles. The van der Waals surface area contributed by atoms with Crippen molar-refractivity contribution in [1.82, 2.24) is 4.90 Å². The molecule has 0 spiro atoms. The largest absolute Gasteiger partial charge is 0.389 e. The summed E-state index contributed by atoms with van der Waals surface area (Å²) in [5.74, 6) is -0.181. The van der Waals surface area contributed by atoms with Crippen LogP contribution in [0.1, 0.15) is 34.5 Å². The van der Waals surface area contributed by atoms with Crippen LogP contribution < -0.4 is 0 Å². The van der Waals surface area contributed by atoms with E-state index in [0.29, 0.717) is 21.2 Å². The summed E-state index contributed by atoms with van der Waals surface area (Å²) in [4.78, 5) is 13.2. The number of nitriles is 1. The molecule has 1 rings (SSSR count). The molecule has 0 saturated heterocycles. The van der Waals surface area contributed by atoms with Crippen LogP contribution in [0.5, 0.6) is 0 Å². The van der Waals surface area contributed by atoms with Crippen molar-refractivity contribution in [2.45, 2.75) is 13.0 Å². The van der Waals surface area contributed by atoms with E-state index in [9.17, 15) is 9.90 Å². The van der Waals surface area contributed by atoms with Gasteiger partial charge in [0.25, 0.3) is 5.91 Å². The lowest BCUT2D eigenvalue weighted by atomic mass is 10.0. The second-order valence-corrected chi connectivity index (χ2v) is 4.76. The number of halogens is 1. The Morgan fingerprint density at radius 2 is 2.12 bits per heavy atom. The molecule has 0 heterocycles. The molecule has 0 aliphatic heterocycles. The number of hydrogen-bond acceptors (Lipinski definition) is 3. The van der Waals surface area contributed by atoms with E-state index in [1.54, 1.807) is 27.1 Å². The molecule has 0 aliphatic rings. The van der Waals surface area contributed by atoms with Crippen LogP contribution >= 0.6 is 15.9 Å². The number of hydrogen-bond donors (Lipinski definition) is 1. The number of aliphatic hydroxyl groups is 1. The molecule has 1 aromatic rings. The van der Waals surface area contributed by atoms with Gasteiger partial charge in [-0.3, -0.25) is 4.79 Å². The SMILES string of the molecule is CC(O)c1c(Br)cc(C(=O)N(C)C)cc1C#N. The lowest BCUT2D eigenvalue weighted by Gasteiger charge is -2.14. The highest BCUT2D eigenvalue weighted by Crippen LogP contribution is 2.28. The van der Waals surface area contributed by atoms with Crippen molar-refractivity contribution >= 4 is 21.8 Å². The predicted octanol–water partition coefficient (Wildman–Crippen LogP) is 2.08. The number of carbonyl (C=O) groups excluding carboxylic acids is 1. The number of carbonyl (C=O) groups is 1. The third-order valence-electron chi connectivity index (χ3n) is 2.32. The Kier molecular flexibility index (Phi) is 4.27. The van der Waals surface area contributed by atoms with Gasteiger partial charge in [-0.25, -0.2) is 0 Å². The van der Waals surface area contributed by atoms with Crippen molar-refractivity contribution < 1.29 is 9.90 Å². The maximum atomic E-state index is 11.8. The average molecular weight is 297 g/mol. The van der Waals surface area contributed by atoms with E-state index >= 15 is 0 Å². The molecular weight excluding hydrogens is 284 g/mol. The lowest BCUT2D eigenvalue weighted by Crippen LogP contribution is -2.22. The van der Waals surface area contributed by atoms with Gasteiger partial charge in [-0.05, 0) is 19.1 Å². The molecular formula is C12H13BrN2O2. The quantitative estimate of drug-likeness (QED) is 0.909. The Hall–Kier alpha value is -1.38. The molecule has 1 unspecified atom stereocenters. The van der Waals surface area contributed by atoms with Crippen LogP contribution in [-0.2, 0) is 0 Å². The van der Waals surface area contributed by atoms with Crippen molar-refractivity contribution in [3.8, 4) is 6.07 Å². The average Bonchev–Trinajstić information content (AvgIpc) is 2.25. The van der Waals surface area contributed by atoms with E-state index in [2.05, 4.69) is 15.9 Å². The Morgan fingerprint density at radius 3 is 2.53 bits per heavy atom. The van der Waals surface area contributed by atoms with Gasteiger partial charge in [-0.2, -0.15) is 5.26 Å². The van der Waals surface area contributed by atoms with Crippen LogP contribution in [0.15, 0.2) is 16.6 Å². The van der Waals surface area contributed by atoms with E-state index < -0.39 is 6.10 Å². The molecule has 0 fully saturated rings. The Morgan fingerprint density at radius 1 is 1.53 bits per heavy atom. The minimum atomic E-state index is -0.762. The molecule has 0 saturated carbocycles. The van der Waals surface area contributed by atoms with Crippen molar-refractivity contribution in [1.29, 1.82) is 5.26 Å². The zero-order chi connectivity index (χ0) is 13.2. The number of amides is 1. The normalized spacial score (nSPS) is 11.8. The van der Waals surface area contributed by atoms with Crippen molar-refractivity contribution in [3.05, 3.63) is 33.3 Å². The summed E-state index contributed by atoms with van der Waals surface area (Å²) in [5, 5.41) is 18.6. The highest BCUT2D eigenvalue weighted by molar-refractivity contribution is 9.10. The van der Waals surface area contributed by atoms with Gasteiger partial charge in [-0.15, -0.1) is 0 Å². The first kappa shape index (κ1) is 13.7. The fourth-order valence-electron chi connectivity index (χ4n) is 1.52. The maximum absolute atomic E-state index is 11.8. The molecule has 4 nitrogen and oxygen atoms in total. The molecule has 0 bridgehead atoms. The van der Waals surface area contributed by atoms with Gasteiger partial charge in [0.15, 0.2) is 0 Å². The first-order chi connectivity index (χ1) is 7.88. The fourth-order valence-corrected chi connectivity index (χ4v) is 2.31. The molecule has 0 aliphatic carbocycles. The smallest absolute Gasteiger partial charge is 0.253 e. The van der Waals surface area contributed by atoms with Gasteiger partial charge >= 0.3 is 0 Å². The summed E-state index contributed by atoms with van der Waals surface area (Å²) in [6.45, 7) is 1.58. The van der Waals surface area contributed by atoms with E-state index in [0.717, 1.165) is 0 Å². The minimum Gasteiger partial charge on any atom is -0.389 e. The monoisotopic (exact) mass is 296 g/mol. The Labute approximate surface area is 109 Å². The van der Waals surface area contributed by atoms with E-state index in [1.165, 1.54) is 11.0 Å². The molecule has 90 valence electrons. The van der Waals surface area contributed by atoms with Crippen LogP contribution in [0.25, 0.3) is 0 Å². The van der Waals surface area contributed by atoms with E-state index in [-0.39, 0.29) is 5.91 Å². The predicted molar refractivity (Wildman–Crippen MR) is 67.5 cm³/mol. The summed E-state index contributed by atoms with van der Waals surface area (Å²) in [6, 6.07) is 5.10. The van der Waals surface area contributed by atoms with Crippen LogP contribution in [0.2, 0.25) is 0 Å². The van der Waals surface area contributed by atoms with Gasteiger partial charge < -0.3 is 10.0 Å². The van der Waals surface area contributed by atoms with Crippen molar-refractivity contribution in [2.75, 3.05) is 14.1 Å². The zero-order valence-corrected chi connectivity index (χ0v) is 11.4. The standard InChI is InChI=1S/C12H13BrN2O2/c1-7(16)11-9(6-14)4-8(5-10(11)13)12(17)15(2)3/h4-5,7,16H,1-3H3. The minimum absolute atomic E-state index is 0.181. The van der Waals surface area contributed by atoms with Gasteiger partial charge in [0.1, 0.15) is 0 Å². The Balaban J connectivity index is 3.39. The summed E-state index contributed by atoms with van der Waals surface area (Å²) in [6.07, 6.45) is -0.762. The summed E-state index contributed by atoms with van der Waals surface area (Å²) < 4.78 is 0.566. The fraction of sp³-hybridized carbons (Fsp3) is 0.333. The lowest BCUT2D eigenvalue weighted by molar-refractivity contribution is 0.0827.